The average molecular weight is 423 g/mol. The van der Waals surface area contributed by atoms with E-state index in [0.29, 0.717) is 20.1 Å². The summed E-state index contributed by atoms with van der Waals surface area (Å²) in [5.41, 5.74) is 0.812. The molecule has 128 valence electrons. The summed E-state index contributed by atoms with van der Waals surface area (Å²) in [5, 5.41) is 12.7. The maximum Gasteiger partial charge on any atom is 0.264 e. The number of aliphatic imine (C=N–C) groups is 1. The molecule has 0 aromatic heterocycles. The van der Waals surface area contributed by atoms with Gasteiger partial charge in [-0.05, 0) is 63.6 Å². The van der Waals surface area contributed by atoms with E-state index in [-0.39, 0.29) is 23.1 Å². The summed E-state index contributed by atoms with van der Waals surface area (Å²) < 4.78 is 19.2. The van der Waals surface area contributed by atoms with E-state index in [4.69, 9.17) is 4.74 Å². The van der Waals surface area contributed by atoms with Crippen molar-refractivity contribution in [3.63, 3.8) is 0 Å². The summed E-state index contributed by atoms with van der Waals surface area (Å²) >= 11 is 4.34. The molecule has 1 aliphatic heterocycles. The Morgan fingerprint density at radius 1 is 1.36 bits per heavy atom. The highest BCUT2D eigenvalue weighted by atomic mass is 79.9. The van der Waals surface area contributed by atoms with Crippen LogP contribution in [0, 0.1) is 5.82 Å². The summed E-state index contributed by atoms with van der Waals surface area (Å²) in [6, 6.07) is 9.33. The van der Waals surface area contributed by atoms with Gasteiger partial charge in [-0.15, -0.1) is 0 Å². The second-order valence-electron chi connectivity index (χ2n) is 4.99. The van der Waals surface area contributed by atoms with Crippen molar-refractivity contribution >= 4 is 50.5 Å². The molecule has 0 aliphatic carbocycles. The Labute approximate surface area is 155 Å². The maximum absolute atomic E-state index is 13.7. The number of benzene rings is 2. The molecule has 2 aromatic rings. The number of rotatable bonds is 3. The van der Waals surface area contributed by atoms with E-state index in [1.807, 2.05) is 0 Å². The van der Waals surface area contributed by atoms with Crippen molar-refractivity contribution in [2.75, 3.05) is 7.11 Å². The third-order valence-electron chi connectivity index (χ3n) is 3.29. The first-order valence-corrected chi connectivity index (χ1v) is 8.69. The number of thioether (sulfide) groups is 1. The number of amidine groups is 1. The number of amides is 1. The fourth-order valence-corrected chi connectivity index (χ4v) is 3.41. The Morgan fingerprint density at radius 3 is 2.84 bits per heavy atom. The summed E-state index contributed by atoms with van der Waals surface area (Å²) in [6.07, 6.45) is 1.64. The Morgan fingerprint density at radius 2 is 2.12 bits per heavy atom. The Balaban J connectivity index is 1.90. The number of para-hydroxylation sites is 1. The molecular formula is C17H12BrFN2O3S. The molecule has 0 spiro atoms. The van der Waals surface area contributed by atoms with Crippen molar-refractivity contribution < 1.29 is 19.0 Å². The number of ether oxygens (including phenoxy) is 1. The molecule has 0 radical (unpaired) electrons. The maximum atomic E-state index is 13.7. The molecular weight excluding hydrogens is 411 g/mol. The molecule has 1 heterocycles. The quantitative estimate of drug-likeness (QED) is 0.727. The lowest BCUT2D eigenvalue weighted by Gasteiger charge is -2.06. The number of halogens is 2. The number of phenols is 1. The van der Waals surface area contributed by atoms with Gasteiger partial charge < -0.3 is 15.2 Å². The smallest absolute Gasteiger partial charge is 0.264 e. The van der Waals surface area contributed by atoms with Gasteiger partial charge in [0.05, 0.1) is 16.5 Å². The van der Waals surface area contributed by atoms with E-state index >= 15 is 0 Å². The molecule has 1 amide bonds. The summed E-state index contributed by atoms with van der Waals surface area (Å²) in [6.45, 7) is 0. The highest BCUT2D eigenvalue weighted by Crippen LogP contribution is 2.37. The number of methoxy groups -OCH3 is 1. The minimum Gasteiger partial charge on any atom is -0.503 e. The van der Waals surface area contributed by atoms with Gasteiger partial charge >= 0.3 is 0 Å². The third kappa shape index (κ3) is 3.85. The molecule has 0 saturated carbocycles. The number of aromatic hydroxyl groups is 1. The summed E-state index contributed by atoms with van der Waals surface area (Å²) in [7, 11) is 1.44. The Bertz CT molecular complexity index is 915. The molecule has 2 aromatic carbocycles. The Kier molecular flexibility index (Phi) is 5.10. The third-order valence-corrected chi connectivity index (χ3v) is 4.81. The van der Waals surface area contributed by atoms with Crippen LogP contribution in [-0.4, -0.2) is 23.3 Å². The molecule has 25 heavy (non-hydrogen) atoms. The van der Waals surface area contributed by atoms with Crippen LogP contribution in [0.5, 0.6) is 11.5 Å². The SMILES string of the molecule is COc1cc(/C=C2\SC(=Nc3ccccc3F)NC2=O)cc(Br)c1O. The van der Waals surface area contributed by atoms with Gasteiger partial charge in [-0.3, -0.25) is 4.79 Å². The average Bonchev–Trinajstić information content (AvgIpc) is 2.92. The van der Waals surface area contributed by atoms with E-state index in [9.17, 15) is 14.3 Å². The van der Waals surface area contributed by atoms with Gasteiger partial charge in [-0.25, -0.2) is 9.38 Å². The highest BCUT2D eigenvalue weighted by Gasteiger charge is 2.24. The first-order valence-electron chi connectivity index (χ1n) is 7.08. The van der Waals surface area contributed by atoms with E-state index in [0.717, 1.165) is 11.8 Å². The monoisotopic (exact) mass is 422 g/mol. The number of hydrogen-bond acceptors (Lipinski definition) is 5. The molecule has 8 heteroatoms. The topological polar surface area (TPSA) is 70.9 Å². The van der Waals surface area contributed by atoms with E-state index in [2.05, 4.69) is 26.2 Å². The van der Waals surface area contributed by atoms with Crippen LogP contribution in [0.2, 0.25) is 0 Å². The minimum atomic E-state index is -0.463. The molecule has 5 nitrogen and oxygen atoms in total. The van der Waals surface area contributed by atoms with Gasteiger partial charge in [0.1, 0.15) is 11.5 Å². The molecule has 1 aliphatic rings. The minimum absolute atomic E-state index is 0.0185. The fraction of sp³-hybridized carbons (Fsp3) is 0.0588. The number of carbonyl (C=O) groups is 1. The standard InChI is InChI=1S/C17H12BrFN2O3S/c1-24-13-7-9(6-10(18)15(13)22)8-14-16(23)21-17(25-14)20-12-5-3-2-4-11(12)19/h2-8,22H,1H3,(H,20,21,23)/b14-8-. The number of carbonyl (C=O) groups excluding carboxylic acids is 1. The number of hydrogen-bond donors (Lipinski definition) is 2. The Hall–Kier alpha value is -2.32. The van der Waals surface area contributed by atoms with Gasteiger partial charge in [0, 0.05) is 0 Å². The summed E-state index contributed by atoms with van der Waals surface area (Å²) in [4.78, 5) is 16.6. The van der Waals surface area contributed by atoms with Gasteiger partial charge in [0.2, 0.25) is 0 Å². The van der Waals surface area contributed by atoms with Crippen LogP contribution < -0.4 is 10.1 Å². The van der Waals surface area contributed by atoms with Crippen LogP contribution in [0.1, 0.15) is 5.56 Å². The first kappa shape index (κ1) is 17.5. The van der Waals surface area contributed by atoms with Crippen LogP contribution in [-0.2, 0) is 4.79 Å². The zero-order valence-corrected chi connectivity index (χ0v) is 15.3. The van der Waals surface area contributed by atoms with Crippen LogP contribution in [0.3, 0.4) is 0 Å². The number of nitrogens with one attached hydrogen (secondary N) is 1. The molecule has 0 bridgehead atoms. The molecule has 0 unspecified atom stereocenters. The normalized spacial score (nSPS) is 17.2. The zero-order chi connectivity index (χ0) is 18.0. The van der Waals surface area contributed by atoms with Crippen molar-refractivity contribution in [2.45, 2.75) is 0 Å². The fourth-order valence-electron chi connectivity index (χ4n) is 2.12. The van der Waals surface area contributed by atoms with Crippen molar-refractivity contribution in [3.05, 3.63) is 57.2 Å². The van der Waals surface area contributed by atoms with Crippen LogP contribution in [0.25, 0.3) is 6.08 Å². The second kappa shape index (κ2) is 7.28. The summed E-state index contributed by atoms with van der Waals surface area (Å²) in [5.74, 6) is -0.530. The molecule has 1 fully saturated rings. The lowest BCUT2D eigenvalue weighted by molar-refractivity contribution is -0.115. The first-order chi connectivity index (χ1) is 12.0. The van der Waals surface area contributed by atoms with Crippen molar-refractivity contribution in [1.29, 1.82) is 0 Å². The van der Waals surface area contributed by atoms with E-state index < -0.39 is 5.82 Å². The van der Waals surface area contributed by atoms with Crippen LogP contribution >= 0.6 is 27.7 Å². The lowest BCUT2D eigenvalue weighted by Crippen LogP contribution is -2.19. The van der Waals surface area contributed by atoms with Gasteiger partial charge in [-0.2, -0.15) is 0 Å². The lowest BCUT2D eigenvalue weighted by atomic mass is 10.2. The van der Waals surface area contributed by atoms with E-state index in [1.165, 1.54) is 19.2 Å². The zero-order valence-electron chi connectivity index (χ0n) is 12.9. The highest BCUT2D eigenvalue weighted by molar-refractivity contribution is 9.10. The predicted molar refractivity (Wildman–Crippen MR) is 99.6 cm³/mol. The molecule has 1 saturated heterocycles. The van der Waals surface area contributed by atoms with Crippen LogP contribution in [0.15, 0.2) is 50.8 Å². The predicted octanol–water partition coefficient (Wildman–Crippen LogP) is 4.19. The van der Waals surface area contributed by atoms with Crippen molar-refractivity contribution in [1.82, 2.24) is 5.32 Å². The van der Waals surface area contributed by atoms with Gasteiger partial charge in [0.15, 0.2) is 16.7 Å². The van der Waals surface area contributed by atoms with Crippen LogP contribution in [0.4, 0.5) is 10.1 Å². The molecule has 3 rings (SSSR count). The van der Waals surface area contributed by atoms with Gasteiger partial charge in [0.25, 0.3) is 5.91 Å². The molecule has 2 N–H and O–H groups in total. The number of nitrogens with zero attached hydrogens (tertiary/aromatic N) is 1. The van der Waals surface area contributed by atoms with E-state index in [1.54, 1.807) is 30.3 Å². The number of phenolic OH excluding ortho intramolecular Hbond substituents is 1. The van der Waals surface area contributed by atoms with Gasteiger partial charge in [-0.1, -0.05) is 12.1 Å². The molecule has 0 atom stereocenters. The second-order valence-corrected chi connectivity index (χ2v) is 6.87. The van der Waals surface area contributed by atoms with Crippen molar-refractivity contribution in [2.24, 2.45) is 4.99 Å². The van der Waals surface area contributed by atoms with Crippen molar-refractivity contribution in [3.8, 4) is 11.5 Å². The largest absolute Gasteiger partial charge is 0.503 e.